The van der Waals surface area contributed by atoms with Crippen LogP contribution in [0.25, 0.3) is 6.08 Å². The van der Waals surface area contributed by atoms with E-state index in [1.165, 1.54) is 21.6 Å². The van der Waals surface area contributed by atoms with Gasteiger partial charge in [0.25, 0.3) is 5.91 Å². The number of hydrogen-bond acceptors (Lipinski definition) is 4. The Balaban J connectivity index is 1.32. The zero-order valence-electron chi connectivity index (χ0n) is 21.4. The fourth-order valence-electron chi connectivity index (χ4n) is 5.59. The molecule has 3 heterocycles. The third-order valence-electron chi connectivity index (χ3n) is 7.52. The van der Waals surface area contributed by atoms with Crippen molar-refractivity contribution in [3.8, 4) is 0 Å². The molecule has 0 unspecified atom stereocenters. The van der Waals surface area contributed by atoms with Gasteiger partial charge >= 0.3 is 6.03 Å². The SMILES string of the molecule is CC(=Cc1ccccc1)CN1CCC2(CC1)C(=O)N(Cc1cccnc1)C(=O)N2CCc1ccccc1. The first-order chi connectivity index (χ1) is 18.0. The first-order valence-corrected chi connectivity index (χ1v) is 13.1. The van der Waals surface area contributed by atoms with E-state index in [-0.39, 0.29) is 18.5 Å². The fraction of sp³-hybridized carbons (Fsp3) is 0.323. The lowest BCUT2D eigenvalue weighted by Crippen LogP contribution is -2.57. The molecule has 6 heteroatoms. The number of amides is 3. The summed E-state index contributed by atoms with van der Waals surface area (Å²) in [4.78, 5) is 37.4. The minimum absolute atomic E-state index is 0.0642. The van der Waals surface area contributed by atoms with Gasteiger partial charge in [-0.2, -0.15) is 0 Å². The summed E-state index contributed by atoms with van der Waals surface area (Å²) in [5, 5.41) is 0. The van der Waals surface area contributed by atoms with E-state index in [4.69, 9.17) is 0 Å². The van der Waals surface area contributed by atoms with Gasteiger partial charge in [-0.05, 0) is 48.9 Å². The quantitative estimate of drug-likeness (QED) is 0.413. The Hall–Kier alpha value is -3.77. The molecule has 1 aromatic heterocycles. The van der Waals surface area contributed by atoms with Gasteiger partial charge in [0.05, 0.1) is 6.54 Å². The standard InChI is InChI=1S/C31H34N4O2/c1-25(21-27-11-6-3-7-12-27)23-33-19-15-31(16-20-33)29(36)34(24-28-13-8-17-32-22-28)30(37)35(31)18-14-26-9-4-2-5-10-26/h2-13,17,21-22H,14-16,18-20,23-24H2,1H3. The number of nitrogens with zero attached hydrogens (tertiary/aromatic N) is 4. The van der Waals surface area contributed by atoms with Crippen molar-refractivity contribution in [2.75, 3.05) is 26.2 Å². The predicted molar refractivity (Wildman–Crippen MR) is 146 cm³/mol. The van der Waals surface area contributed by atoms with Crippen molar-refractivity contribution < 1.29 is 9.59 Å². The van der Waals surface area contributed by atoms with Gasteiger partial charge in [0.1, 0.15) is 5.54 Å². The van der Waals surface area contributed by atoms with Gasteiger partial charge in [0.15, 0.2) is 0 Å². The molecule has 2 fully saturated rings. The van der Waals surface area contributed by atoms with Gasteiger partial charge in [0, 0.05) is 38.6 Å². The second kappa shape index (κ2) is 11.1. The molecule has 2 saturated heterocycles. The summed E-state index contributed by atoms with van der Waals surface area (Å²) in [6.45, 7) is 5.37. The topological polar surface area (TPSA) is 56.8 Å². The number of benzene rings is 2. The highest BCUT2D eigenvalue weighted by molar-refractivity contribution is 6.07. The summed E-state index contributed by atoms with van der Waals surface area (Å²) in [6, 6.07) is 24.1. The summed E-state index contributed by atoms with van der Waals surface area (Å²) in [5.41, 5.74) is 3.74. The lowest BCUT2D eigenvalue weighted by molar-refractivity contribution is -0.136. The smallest absolute Gasteiger partial charge is 0.309 e. The molecule has 0 N–H and O–H groups in total. The van der Waals surface area contributed by atoms with Gasteiger partial charge in [-0.1, -0.05) is 78.4 Å². The summed E-state index contributed by atoms with van der Waals surface area (Å²) < 4.78 is 0. The van der Waals surface area contributed by atoms with E-state index in [1.54, 1.807) is 12.4 Å². The number of carbonyl (C=O) groups excluding carboxylic acids is 2. The highest BCUT2D eigenvalue weighted by Crippen LogP contribution is 2.38. The van der Waals surface area contributed by atoms with Crippen molar-refractivity contribution >= 4 is 18.0 Å². The number of rotatable bonds is 8. The number of aromatic nitrogens is 1. The summed E-state index contributed by atoms with van der Waals surface area (Å²) in [7, 11) is 0. The average molecular weight is 495 g/mol. The number of piperidine rings is 1. The third-order valence-corrected chi connectivity index (χ3v) is 7.52. The van der Waals surface area contributed by atoms with E-state index >= 15 is 0 Å². The van der Waals surface area contributed by atoms with Gasteiger partial charge in [-0.25, -0.2) is 4.79 Å². The first kappa shape index (κ1) is 24.9. The highest BCUT2D eigenvalue weighted by atomic mass is 16.2. The maximum absolute atomic E-state index is 13.9. The molecule has 0 atom stereocenters. The first-order valence-electron chi connectivity index (χ1n) is 13.1. The van der Waals surface area contributed by atoms with Gasteiger partial charge in [0.2, 0.25) is 0 Å². The molecular weight excluding hydrogens is 460 g/mol. The molecule has 0 saturated carbocycles. The molecule has 0 aliphatic carbocycles. The Morgan fingerprint density at radius 1 is 0.919 bits per heavy atom. The van der Waals surface area contributed by atoms with E-state index < -0.39 is 5.54 Å². The number of hydrogen-bond donors (Lipinski definition) is 0. The minimum Gasteiger partial charge on any atom is -0.309 e. The zero-order valence-corrected chi connectivity index (χ0v) is 21.4. The molecule has 0 radical (unpaired) electrons. The van der Waals surface area contributed by atoms with Crippen molar-refractivity contribution in [3.63, 3.8) is 0 Å². The van der Waals surface area contributed by atoms with E-state index in [9.17, 15) is 9.59 Å². The van der Waals surface area contributed by atoms with Crippen LogP contribution >= 0.6 is 0 Å². The van der Waals surface area contributed by atoms with Crippen LogP contribution < -0.4 is 0 Å². The largest absolute Gasteiger partial charge is 0.328 e. The maximum atomic E-state index is 13.9. The van der Waals surface area contributed by atoms with Crippen LogP contribution in [-0.2, 0) is 17.8 Å². The highest BCUT2D eigenvalue weighted by Gasteiger charge is 2.57. The van der Waals surface area contributed by atoms with Crippen molar-refractivity contribution in [1.29, 1.82) is 0 Å². The Kier molecular flexibility index (Phi) is 7.47. The predicted octanol–water partition coefficient (Wildman–Crippen LogP) is 5.03. The molecule has 5 rings (SSSR count). The molecule has 2 aromatic carbocycles. The zero-order chi connectivity index (χ0) is 25.7. The van der Waals surface area contributed by atoms with Crippen LogP contribution in [0.2, 0.25) is 0 Å². The van der Waals surface area contributed by atoms with E-state index in [2.05, 4.69) is 47.1 Å². The fourth-order valence-corrected chi connectivity index (χ4v) is 5.59. The van der Waals surface area contributed by atoms with Crippen LogP contribution in [0.4, 0.5) is 4.79 Å². The Labute approximate surface area is 219 Å². The van der Waals surface area contributed by atoms with Gasteiger partial charge in [-0.3, -0.25) is 19.6 Å². The van der Waals surface area contributed by atoms with E-state index in [0.29, 0.717) is 19.4 Å². The molecule has 2 aliphatic rings. The second-order valence-electron chi connectivity index (χ2n) is 10.1. The average Bonchev–Trinajstić information content (AvgIpc) is 3.11. The normalized spacial score (nSPS) is 18.1. The van der Waals surface area contributed by atoms with Crippen LogP contribution in [0.15, 0.2) is 90.8 Å². The lowest BCUT2D eigenvalue weighted by Gasteiger charge is -2.42. The summed E-state index contributed by atoms with van der Waals surface area (Å²) in [6.07, 6.45) is 7.67. The van der Waals surface area contributed by atoms with E-state index in [0.717, 1.165) is 31.6 Å². The molecule has 190 valence electrons. The van der Waals surface area contributed by atoms with Crippen LogP contribution in [-0.4, -0.2) is 63.3 Å². The van der Waals surface area contributed by atoms with Crippen molar-refractivity contribution in [2.24, 2.45) is 0 Å². The molecule has 37 heavy (non-hydrogen) atoms. The van der Waals surface area contributed by atoms with Crippen molar-refractivity contribution in [1.82, 2.24) is 19.7 Å². The summed E-state index contributed by atoms with van der Waals surface area (Å²) >= 11 is 0. The van der Waals surface area contributed by atoms with Crippen LogP contribution in [0, 0.1) is 0 Å². The third kappa shape index (κ3) is 5.49. The maximum Gasteiger partial charge on any atom is 0.328 e. The molecule has 0 bridgehead atoms. The van der Waals surface area contributed by atoms with Crippen molar-refractivity contribution in [3.05, 3.63) is 107 Å². The van der Waals surface area contributed by atoms with Crippen LogP contribution in [0.5, 0.6) is 0 Å². The molecule has 3 aromatic rings. The number of imide groups is 1. The van der Waals surface area contributed by atoms with E-state index in [1.807, 2.05) is 53.4 Å². The van der Waals surface area contributed by atoms with Gasteiger partial charge in [-0.15, -0.1) is 0 Å². The number of carbonyl (C=O) groups is 2. The molecule has 6 nitrogen and oxygen atoms in total. The number of likely N-dealkylation sites (tertiary alicyclic amines) is 1. The summed E-state index contributed by atoms with van der Waals surface area (Å²) in [5.74, 6) is -0.0642. The number of urea groups is 1. The second-order valence-corrected chi connectivity index (χ2v) is 10.1. The Morgan fingerprint density at radius 2 is 1.59 bits per heavy atom. The molecule has 3 amide bonds. The molecule has 2 aliphatic heterocycles. The lowest BCUT2D eigenvalue weighted by atomic mass is 9.85. The number of pyridine rings is 1. The Bertz CT molecular complexity index is 1240. The monoisotopic (exact) mass is 494 g/mol. The van der Waals surface area contributed by atoms with Crippen molar-refractivity contribution in [2.45, 2.75) is 38.3 Å². The van der Waals surface area contributed by atoms with Crippen LogP contribution in [0.1, 0.15) is 36.5 Å². The Morgan fingerprint density at radius 3 is 2.27 bits per heavy atom. The minimum atomic E-state index is -0.776. The molecular formula is C31H34N4O2. The van der Waals surface area contributed by atoms with Crippen LogP contribution in [0.3, 0.4) is 0 Å². The molecule has 1 spiro atoms. The van der Waals surface area contributed by atoms with Gasteiger partial charge < -0.3 is 4.90 Å².